The molecule has 1 aliphatic heterocycles. The number of rotatable bonds is 4. The minimum absolute atomic E-state index is 0.391. The Morgan fingerprint density at radius 2 is 2.25 bits per heavy atom. The summed E-state index contributed by atoms with van der Waals surface area (Å²) in [5.41, 5.74) is 0.949. The Balaban J connectivity index is 1.93. The van der Waals surface area contributed by atoms with Crippen LogP contribution in [0.1, 0.15) is 42.9 Å². The Bertz CT molecular complexity index is 324. The van der Waals surface area contributed by atoms with Gasteiger partial charge in [0.15, 0.2) is 0 Å². The van der Waals surface area contributed by atoms with Crippen molar-refractivity contribution in [2.45, 2.75) is 38.7 Å². The van der Waals surface area contributed by atoms with E-state index in [1.807, 2.05) is 6.92 Å². The van der Waals surface area contributed by atoms with E-state index in [-0.39, 0.29) is 0 Å². The molecule has 1 saturated heterocycles. The van der Waals surface area contributed by atoms with Gasteiger partial charge in [0.25, 0.3) is 0 Å². The van der Waals surface area contributed by atoms with Crippen LogP contribution >= 0.6 is 11.5 Å². The van der Waals surface area contributed by atoms with Crippen molar-refractivity contribution in [2.75, 3.05) is 13.2 Å². The lowest BCUT2D eigenvalue weighted by atomic mass is 9.93. The second-order valence-corrected chi connectivity index (χ2v) is 5.03. The van der Waals surface area contributed by atoms with Crippen molar-refractivity contribution in [1.29, 1.82) is 0 Å². The minimum Gasteiger partial charge on any atom is -0.387 e. The smallest absolute Gasteiger partial charge is 0.0919 e. The van der Waals surface area contributed by atoms with Gasteiger partial charge in [0.1, 0.15) is 0 Å². The highest BCUT2D eigenvalue weighted by Gasteiger charge is 2.22. The van der Waals surface area contributed by atoms with E-state index in [1.54, 1.807) is 0 Å². The van der Waals surface area contributed by atoms with Crippen molar-refractivity contribution in [3.63, 3.8) is 0 Å². The molecule has 5 heteroatoms. The number of nitrogens with zero attached hydrogens (tertiary/aromatic N) is 2. The lowest BCUT2D eigenvalue weighted by Crippen LogP contribution is -2.18. The molecule has 0 bridgehead atoms. The van der Waals surface area contributed by atoms with Crippen LogP contribution in [0.2, 0.25) is 0 Å². The predicted octanol–water partition coefficient (Wildman–Crippen LogP) is 1.95. The van der Waals surface area contributed by atoms with Gasteiger partial charge in [0.05, 0.1) is 16.7 Å². The molecule has 90 valence electrons. The molecule has 1 aliphatic rings. The van der Waals surface area contributed by atoms with Crippen LogP contribution in [0.4, 0.5) is 0 Å². The fraction of sp³-hybridized carbons (Fsp3) is 0.818. The Hall–Kier alpha value is -0.520. The van der Waals surface area contributed by atoms with Crippen LogP contribution in [0.15, 0.2) is 0 Å². The molecule has 2 rings (SSSR count). The molecule has 0 radical (unpaired) electrons. The van der Waals surface area contributed by atoms with Crippen molar-refractivity contribution in [2.24, 2.45) is 5.92 Å². The highest BCUT2D eigenvalue weighted by molar-refractivity contribution is 7.05. The van der Waals surface area contributed by atoms with Crippen LogP contribution < -0.4 is 0 Å². The average Bonchev–Trinajstić information content (AvgIpc) is 2.78. The SMILES string of the molecule is CCc1nnsc1C(O)CC1CCOCC1. The van der Waals surface area contributed by atoms with Crippen LogP contribution in [0.5, 0.6) is 0 Å². The topological polar surface area (TPSA) is 55.2 Å². The monoisotopic (exact) mass is 242 g/mol. The van der Waals surface area contributed by atoms with E-state index in [4.69, 9.17) is 4.74 Å². The first kappa shape index (κ1) is 12.0. The maximum Gasteiger partial charge on any atom is 0.0919 e. The fourth-order valence-electron chi connectivity index (χ4n) is 2.12. The highest BCUT2D eigenvalue weighted by atomic mass is 32.1. The molecule has 1 unspecified atom stereocenters. The van der Waals surface area contributed by atoms with Crippen LogP contribution in [0.25, 0.3) is 0 Å². The van der Waals surface area contributed by atoms with Gasteiger partial charge in [0.2, 0.25) is 0 Å². The summed E-state index contributed by atoms with van der Waals surface area (Å²) >= 11 is 1.33. The van der Waals surface area contributed by atoms with E-state index in [0.29, 0.717) is 5.92 Å². The number of aliphatic hydroxyl groups excluding tert-OH is 1. The average molecular weight is 242 g/mol. The number of aliphatic hydroxyl groups is 1. The molecule has 1 aromatic heterocycles. The largest absolute Gasteiger partial charge is 0.387 e. The third kappa shape index (κ3) is 2.78. The molecule has 0 spiro atoms. The van der Waals surface area contributed by atoms with E-state index in [0.717, 1.165) is 49.5 Å². The van der Waals surface area contributed by atoms with Crippen molar-refractivity contribution >= 4 is 11.5 Å². The first-order valence-corrected chi connectivity index (χ1v) is 6.65. The molecular weight excluding hydrogens is 224 g/mol. The zero-order valence-electron chi connectivity index (χ0n) is 9.56. The van der Waals surface area contributed by atoms with E-state index < -0.39 is 6.10 Å². The summed E-state index contributed by atoms with van der Waals surface area (Å²) in [7, 11) is 0. The third-order valence-electron chi connectivity index (χ3n) is 3.12. The van der Waals surface area contributed by atoms with Gasteiger partial charge in [-0.2, -0.15) is 0 Å². The Labute approximate surface area is 99.8 Å². The van der Waals surface area contributed by atoms with Crippen molar-refractivity contribution < 1.29 is 9.84 Å². The molecule has 0 aromatic carbocycles. The van der Waals surface area contributed by atoms with Gasteiger partial charge in [-0.3, -0.25) is 0 Å². The van der Waals surface area contributed by atoms with Crippen LogP contribution in [0.3, 0.4) is 0 Å². The van der Waals surface area contributed by atoms with E-state index in [1.165, 1.54) is 11.5 Å². The molecule has 0 aliphatic carbocycles. The van der Waals surface area contributed by atoms with Gasteiger partial charge >= 0.3 is 0 Å². The summed E-state index contributed by atoms with van der Waals surface area (Å²) in [5.74, 6) is 0.579. The van der Waals surface area contributed by atoms with Gasteiger partial charge < -0.3 is 9.84 Å². The van der Waals surface area contributed by atoms with Crippen LogP contribution in [0, 0.1) is 5.92 Å². The predicted molar refractivity (Wildman–Crippen MR) is 62.4 cm³/mol. The second kappa shape index (κ2) is 5.70. The van der Waals surface area contributed by atoms with Gasteiger partial charge in [-0.1, -0.05) is 11.4 Å². The van der Waals surface area contributed by atoms with E-state index >= 15 is 0 Å². The van der Waals surface area contributed by atoms with E-state index in [9.17, 15) is 5.11 Å². The maximum absolute atomic E-state index is 10.2. The van der Waals surface area contributed by atoms with Gasteiger partial charge in [-0.15, -0.1) is 5.10 Å². The van der Waals surface area contributed by atoms with Crippen molar-refractivity contribution in [3.05, 3.63) is 10.6 Å². The summed E-state index contributed by atoms with van der Waals surface area (Å²) in [4.78, 5) is 0.953. The summed E-state index contributed by atoms with van der Waals surface area (Å²) in [5, 5.41) is 14.2. The molecule has 0 amide bonds. The minimum atomic E-state index is -0.391. The van der Waals surface area contributed by atoms with Crippen LogP contribution in [-0.2, 0) is 11.2 Å². The van der Waals surface area contributed by atoms with E-state index in [2.05, 4.69) is 9.59 Å². The first-order chi connectivity index (χ1) is 7.81. The summed E-state index contributed by atoms with van der Waals surface area (Å²) in [6.07, 6.45) is 3.39. The maximum atomic E-state index is 10.2. The van der Waals surface area contributed by atoms with Crippen molar-refractivity contribution in [1.82, 2.24) is 9.59 Å². The molecule has 1 fully saturated rings. The highest BCUT2D eigenvalue weighted by Crippen LogP contribution is 2.30. The molecule has 16 heavy (non-hydrogen) atoms. The Kier molecular flexibility index (Phi) is 4.26. The zero-order chi connectivity index (χ0) is 11.4. The fourth-order valence-corrected chi connectivity index (χ4v) is 2.85. The van der Waals surface area contributed by atoms with Gasteiger partial charge in [-0.25, -0.2) is 0 Å². The molecule has 4 nitrogen and oxygen atoms in total. The standard InChI is InChI=1S/C11H18N2O2S/c1-2-9-11(16-13-12-9)10(14)7-8-3-5-15-6-4-8/h8,10,14H,2-7H2,1H3. The molecule has 0 saturated carbocycles. The molecule has 1 atom stereocenters. The molecule has 1 aromatic rings. The number of aryl methyl sites for hydroxylation is 1. The lowest BCUT2D eigenvalue weighted by Gasteiger charge is -2.23. The number of hydrogen-bond donors (Lipinski definition) is 1. The van der Waals surface area contributed by atoms with Gasteiger partial charge in [-0.05, 0) is 43.1 Å². The van der Waals surface area contributed by atoms with Crippen molar-refractivity contribution in [3.8, 4) is 0 Å². The number of hydrogen-bond acceptors (Lipinski definition) is 5. The number of aromatic nitrogens is 2. The zero-order valence-corrected chi connectivity index (χ0v) is 10.4. The quantitative estimate of drug-likeness (QED) is 0.876. The third-order valence-corrected chi connectivity index (χ3v) is 3.99. The summed E-state index contributed by atoms with van der Waals surface area (Å²) in [6, 6.07) is 0. The molecule has 2 heterocycles. The molecule has 1 N–H and O–H groups in total. The lowest BCUT2D eigenvalue weighted by molar-refractivity contribution is 0.0440. The number of ether oxygens (including phenoxy) is 1. The normalized spacial score (nSPS) is 19.9. The first-order valence-electron chi connectivity index (χ1n) is 5.88. The Morgan fingerprint density at radius 1 is 1.50 bits per heavy atom. The summed E-state index contributed by atoms with van der Waals surface area (Å²) < 4.78 is 9.23. The second-order valence-electron chi connectivity index (χ2n) is 4.24. The molecular formula is C11H18N2O2S. The van der Waals surface area contributed by atoms with Crippen LogP contribution in [-0.4, -0.2) is 27.9 Å². The summed E-state index contributed by atoms with van der Waals surface area (Å²) in [6.45, 7) is 3.71. The van der Waals surface area contributed by atoms with Gasteiger partial charge in [0, 0.05) is 13.2 Å². The Morgan fingerprint density at radius 3 is 2.94 bits per heavy atom.